The standard InChI is InChI=1S/C15H21N5O4/c1-10-17-13(24-20-10)15(2,3)19-14(21)18-11-5-6-12(16-9-11)23-8-7-22-4/h5-6,9H,7-8H2,1-4H3,(H2,18,19,21). The molecule has 0 aliphatic carbocycles. The highest BCUT2D eigenvalue weighted by Gasteiger charge is 2.29. The average molecular weight is 335 g/mol. The summed E-state index contributed by atoms with van der Waals surface area (Å²) in [4.78, 5) is 20.3. The zero-order valence-electron chi connectivity index (χ0n) is 14.1. The number of anilines is 1. The van der Waals surface area contributed by atoms with Crippen LogP contribution in [0.1, 0.15) is 25.6 Å². The van der Waals surface area contributed by atoms with Crippen LogP contribution in [0.5, 0.6) is 5.88 Å². The minimum Gasteiger partial charge on any atom is -0.475 e. The Hall–Kier alpha value is -2.68. The fourth-order valence-corrected chi connectivity index (χ4v) is 1.82. The highest BCUT2D eigenvalue weighted by molar-refractivity contribution is 5.89. The molecule has 2 rings (SSSR count). The molecule has 0 atom stereocenters. The van der Waals surface area contributed by atoms with Crippen molar-refractivity contribution in [3.05, 3.63) is 30.0 Å². The predicted octanol–water partition coefficient (Wildman–Crippen LogP) is 1.86. The first-order chi connectivity index (χ1) is 11.4. The van der Waals surface area contributed by atoms with Gasteiger partial charge in [0.15, 0.2) is 5.82 Å². The molecule has 0 fully saturated rings. The van der Waals surface area contributed by atoms with Crippen LogP contribution in [0, 0.1) is 6.92 Å². The molecular weight excluding hydrogens is 314 g/mol. The summed E-state index contributed by atoms with van der Waals surface area (Å²) in [6, 6.07) is 2.95. The molecule has 2 heterocycles. The molecule has 0 unspecified atom stereocenters. The van der Waals surface area contributed by atoms with Crippen molar-refractivity contribution < 1.29 is 18.8 Å². The Bertz CT molecular complexity index is 669. The van der Waals surface area contributed by atoms with Crippen LogP contribution in [0.15, 0.2) is 22.9 Å². The van der Waals surface area contributed by atoms with Gasteiger partial charge >= 0.3 is 6.03 Å². The normalized spacial score (nSPS) is 11.2. The van der Waals surface area contributed by atoms with Crippen LogP contribution < -0.4 is 15.4 Å². The highest BCUT2D eigenvalue weighted by Crippen LogP contribution is 2.18. The topological polar surface area (TPSA) is 111 Å². The first-order valence-corrected chi connectivity index (χ1v) is 7.38. The number of amides is 2. The molecule has 9 heteroatoms. The number of rotatable bonds is 7. The van der Waals surface area contributed by atoms with Gasteiger partial charge in [0.05, 0.1) is 18.5 Å². The molecule has 0 bridgehead atoms. The van der Waals surface area contributed by atoms with Gasteiger partial charge in [-0.1, -0.05) is 5.16 Å². The van der Waals surface area contributed by atoms with E-state index in [0.29, 0.717) is 36.5 Å². The molecule has 2 amide bonds. The van der Waals surface area contributed by atoms with Gasteiger partial charge in [-0.05, 0) is 26.8 Å². The number of ether oxygens (including phenoxy) is 2. The van der Waals surface area contributed by atoms with Crippen LogP contribution >= 0.6 is 0 Å². The lowest BCUT2D eigenvalue weighted by atomic mass is 10.1. The molecule has 0 radical (unpaired) electrons. The van der Waals surface area contributed by atoms with Crippen LogP contribution in [0.25, 0.3) is 0 Å². The lowest BCUT2D eigenvalue weighted by Crippen LogP contribution is -2.43. The molecule has 2 aromatic rings. The van der Waals surface area contributed by atoms with Gasteiger partial charge in [0.1, 0.15) is 12.1 Å². The quantitative estimate of drug-likeness (QED) is 0.743. The van der Waals surface area contributed by atoms with Gasteiger partial charge in [-0.2, -0.15) is 4.98 Å². The Kier molecular flexibility index (Phi) is 5.69. The van der Waals surface area contributed by atoms with Crippen molar-refractivity contribution in [1.82, 2.24) is 20.4 Å². The van der Waals surface area contributed by atoms with Crippen molar-refractivity contribution in [2.45, 2.75) is 26.3 Å². The van der Waals surface area contributed by atoms with E-state index < -0.39 is 11.6 Å². The molecule has 9 nitrogen and oxygen atoms in total. The number of hydrogen-bond acceptors (Lipinski definition) is 7. The Balaban J connectivity index is 1.89. The van der Waals surface area contributed by atoms with E-state index in [4.69, 9.17) is 14.0 Å². The van der Waals surface area contributed by atoms with Crippen molar-refractivity contribution in [2.75, 3.05) is 25.6 Å². The minimum absolute atomic E-state index is 0.329. The second kappa shape index (κ2) is 7.73. The largest absolute Gasteiger partial charge is 0.475 e. The van der Waals surface area contributed by atoms with Crippen LogP contribution in [-0.4, -0.2) is 41.5 Å². The first kappa shape index (κ1) is 17.7. The number of urea groups is 1. The molecule has 24 heavy (non-hydrogen) atoms. The van der Waals surface area contributed by atoms with Crippen molar-refractivity contribution in [3.8, 4) is 5.88 Å². The molecule has 0 aromatic carbocycles. The Morgan fingerprint density at radius 2 is 2.12 bits per heavy atom. The zero-order chi connectivity index (χ0) is 17.6. The summed E-state index contributed by atoms with van der Waals surface area (Å²) in [5.41, 5.74) is -0.272. The van der Waals surface area contributed by atoms with E-state index in [0.717, 1.165) is 0 Å². The third-order valence-electron chi connectivity index (χ3n) is 3.02. The average Bonchev–Trinajstić information content (AvgIpc) is 2.96. The van der Waals surface area contributed by atoms with Crippen LogP contribution in [0.4, 0.5) is 10.5 Å². The van der Waals surface area contributed by atoms with E-state index in [1.807, 2.05) is 0 Å². The minimum atomic E-state index is -0.804. The second-order valence-corrected chi connectivity index (χ2v) is 5.58. The third-order valence-corrected chi connectivity index (χ3v) is 3.02. The maximum atomic E-state index is 12.1. The number of carbonyl (C=O) groups excluding carboxylic acids is 1. The maximum Gasteiger partial charge on any atom is 0.320 e. The summed E-state index contributed by atoms with van der Waals surface area (Å²) in [5.74, 6) is 1.29. The van der Waals surface area contributed by atoms with E-state index >= 15 is 0 Å². The van der Waals surface area contributed by atoms with E-state index in [1.165, 1.54) is 6.20 Å². The van der Waals surface area contributed by atoms with E-state index in [2.05, 4.69) is 25.8 Å². The molecular formula is C15H21N5O4. The summed E-state index contributed by atoms with van der Waals surface area (Å²) >= 11 is 0. The van der Waals surface area contributed by atoms with Crippen LogP contribution in [-0.2, 0) is 10.3 Å². The van der Waals surface area contributed by atoms with E-state index in [1.54, 1.807) is 40.0 Å². The molecule has 0 spiro atoms. The number of hydrogen-bond donors (Lipinski definition) is 2. The monoisotopic (exact) mass is 335 g/mol. The van der Waals surface area contributed by atoms with Crippen LogP contribution in [0.2, 0.25) is 0 Å². The zero-order valence-corrected chi connectivity index (χ0v) is 14.1. The SMILES string of the molecule is COCCOc1ccc(NC(=O)NC(C)(C)c2nc(C)no2)cn1. The molecule has 0 saturated carbocycles. The molecule has 0 saturated heterocycles. The molecule has 0 aliphatic heterocycles. The van der Waals surface area contributed by atoms with Gasteiger partial charge in [0, 0.05) is 13.2 Å². The molecule has 2 N–H and O–H groups in total. The van der Waals surface area contributed by atoms with E-state index in [-0.39, 0.29) is 0 Å². The summed E-state index contributed by atoms with van der Waals surface area (Å²) in [6.45, 7) is 6.14. The summed E-state index contributed by atoms with van der Waals surface area (Å²) in [5, 5.41) is 9.18. The molecule has 0 aliphatic rings. The predicted molar refractivity (Wildman–Crippen MR) is 85.8 cm³/mol. The molecule has 130 valence electrons. The molecule has 2 aromatic heterocycles. The van der Waals surface area contributed by atoms with E-state index in [9.17, 15) is 4.79 Å². The summed E-state index contributed by atoms with van der Waals surface area (Å²) in [6.07, 6.45) is 1.51. The van der Waals surface area contributed by atoms with Crippen LogP contribution in [0.3, 0.4) is 0 Å². The van der Waals surface area contributed by atoms with Gasteiger partial charge in [0.25, 0.3) is 5.89 Å². The number of carbonyl (C=O) groups is 1. The Labute approximate surface area is 139 Å². The van der Waals surface area contributed by atoms with Gasteiger partial charge in [0.2, 0.25) is 5.88 Å². The third kappa shape index (κ3) is 4.92. The maximum absolute atomic E-state index is 12.1. The number of nitrogens with one attached hydrogen (secondary N) is 2. The summed E-state index contributed by atoms with van der Waals surface area (Å²) in [7, 11) is 1.60. The first-order valence-electron chi connectivity index (χ1n) is 7.38. The fraction of sp³-hybridized carbons (Fsp3) is 0.467. The lowest BCUT2D eigenvalue weighted by Gasteiger charge is -2.21. The number of aryl methyl sites for hydroxylation is 1. The van der Waals surface area contributed by atoms with Gasteiger partial charge in [-0.3, -0.25) is 0 Å². The van der Waals surface area contributed by atoms with Gasteiger partial charge in [-0.25, -0.2) is 9.78 Å². The highest BCUT2D eigenvalue weighted by atomic mass is 16.5. The lowest BCUT2D eigenvalue weighted by molar-refractivity contribution is 0.144. The number of pyridine rings is 1. The van der Waals surface area contributed by atoms with Crippen molar-refractivity contribution in [2.24, 2.45) is 0 Å². The number of aromatic nitrogens is 3. The Morgan fingerprint density at radius 3 is 2.71 bits per heavy atom. The second-order valence-electron chi connectivity index (χ2n) is 5.58. The van der Waals surface area contributed by atoms with Crippen molar-refractivity contribution in [3.63, 3.8) is 0 Å². The summed E-state index contributed by atoms with van der Waals surface area (Å²) < 4.78 is 15.3. The number of nitrogens with zero attached hydrogens (tertiary/aromatic N) is 3. The fourth-order valence-electron chi connectivity index (χ4n) is 1.82. The van der Waals surface area contributed by atoms with Gasteiger partial charge < -0.3 is 24.6 Å². The smallest absolute Gasteiger partial charge is 0.320 e. The van der Waals surface area contributed by atoms with Gasteiger partial charge in [-0.15, -0.1) is 0 Å². The van der Waals surface area contributed by atoms with Crippen molar-refractivity contribution >= 4 is 11.7 Å². The van der Waals surface area contributed by atoms with Crippen molar-refractivity contribution in [1.29, 1.82) is 0 Å². The number of methoxy groups -OCH3 is 1. The Morgan fingerprint density at radius 1 is 1.33 bits per heavy atom.